The maximum atomic E-state index is 6.06. The van der Waals surface area contributed by atoms with Crippen molar-refractivity contribution in [1.82, 2.24) is 5.32 Å². The highest BCUT2D eigenvalue weighted by Gasteiger charge is 2.51. The van der Waals surface area contributed by atoms with Gasteiger partial charge in [0.2, 0.25) is 0 Å². The fourth-order valence-corrected chi connectivity index (χ4v) is 2.54. The van der Waals surface area contributed by atoms with Gasteiger partial charge in [-0.05, 0) is 38.7 Å². The molecule has 2 saturated heterocycles. The molecule has 106 valence electrons. The fourth-order valence-electron chi connectivity index (χ4n) is 2.54. The highest BCUT2D eigenvalue weighted by molar-refractivity contribution is 6.62. The molecule has 3 rings (SSSR count). The van der Waals surface area contributed by atoms with Crippen LogP contribution in [-0.4, -0.2) is 18.3 Å². The predicted octanol–water partition coefficient (Wildman–Crippen LogP) is 2.53. The molecule has 0 aromatic heterocycles. The minimum Gasteiger partial charge on any atom is -0.399 e. The van der Waals surface area contributed by atoms with E-state index in [-0.39, 0.29) is 18.3 Å². The molecule has 1 N–H and O–H groups in total. The first-order valence-corrected chi connectivity index (χ1v) is 7.18. The smallest absolute Gasteiger partial charge is 0.399 e. The van der Waals surface area contributed by atoms with Crippen LogP contribution in [0.3, 0.4) is 0 Å². The number of hydrogen-bond acceptors (Lipinski definition) is 3. The summed E-state index contributed by atoms with van der Waals surface area (Å²) in [6.45, 7) is 12.2. The molecule has 1 atom stereocenters. The molecule has 0 spiro atoms. The van der Waals surface area contributed by atoms with Crippen LogP contribution < -0.4 is 10.8 Å². The molecule has 1 aromatic rings. The molecule has 3 nitrogen and oxygen atoms in total. The molecule has 2 heterocycles. The molecule has 0 amide bonds. The second-order valence-electron chi connectivity index (χ2n) is 6.76. The quantitative estimate of drug-likeness (QED) is 0.838. The van der Waals surface area contributed by atoms with E-state index in [1.807, 2.05) is 0 Å². The molecular weight excluding hydrogens is 249 g/mol. The van der Waals surface area contributed by atoms with Gasteiger partial charge in [0, 0.05) is 12.1 Å². The van der Waals surface area contributed by atoms with Crippen LogP contribution in [0.1, 0.15) is 45.7 Å². The molecule has 2 aliphatic heterocycles. The largest absolute Gasteiger partial charge is 0.494 e. The summed E-state index contributed by atoms with van der Waals surface area (Å²) in [4.78, 5) is 0. The Morgan fingerprint density at radius 2 is 1.60 bits per heavy atom. The monoisotopic (exact) mass is 271 g/mol. The van der Waals surface area contributed by atoms with Crippen LogP contribution in [0.2, 0.25) is 0 Å². The maximum absolute atomic E-state index is 6.06. The van der Waals surface area contributed by atoms with Crippen molar-refractivity contribution in [3.05, 3.63) is 42.1 Å². The number of benzene rings is 1. The molecule has 20 heavy (non-hydrogen) atoms. The summed E-state index contributed by atoms with van der Waals surface area (Å²) in [5, 5.41) is 3.32. The molecule has 0 saturated carbocycles. The van der Waals surface area contributed by atoms with E-state index in [1.165, 1.54) is 5.56 Å². The summed E-state index contributed by atoms with van der Waals surface area (Å²) in [5.74, 6) is 0. The minimum absolute atomic E-state index is 0.279. The number of rotatable bonds is 2. The molecular formula is C16H22BNO2. The second-order valence-corrected chi connectivity index (χ2v) is 6.76. The number of nitrogens with one attached hydrogen (secondary N) is 1. The van der Waals surface area contributed by atoms with Crippen molar-refractivity contribution < 1.29 is 9.31 Å². The Morgan fingerprint density at radius 1 is 1.10 bits per heavy atom. The first-order valence-electron chi connectivity index (χ1n) is 7.18. The molecule has 0 aliphatic carbocycles. The lowest BCUT2D eigenvalue weighted by molar-refractivity contribution is 0.00578. The van der Waals surface area contributed by atoms with Gasteiger partial charge in [-0.2, -0.15) is 0 Å². The average molecular weight is 271 g/mol. The van der Waals surface area contributed by atoms with Crippen LogP contribution in [0.15, 0.2) is 36.5 Å². The van der Waals surface area contributed by atoms with E-state index in [0.29, 0.717) is 6.04 Å². The third-order valence-corrected chi connectivity index (χ3v) is 4.69. The predicted molar refractivity (Wildman–Crippen MR) is 81.8 cm³/mol. The van der Waals surface area contributed by atoms with Crippen molar-refractivity contribution in [2.24, 2.45) is 0 Å². The summed E-state index contributed by atoms with van der Waals surface area (Å²) >= 11 is 0. The standard InChI is InChI=1S/C16H22BNO2/c1-11-10-14(18-11)12-6-8-13(9-7-12)17-19-15(2,3)16(4,5)20-17/h6-9,14,18H,1,10H2,2-5H3. The van der Waals surface area contributed by atoms with Gasteiger partial charge in [0.25, 0.3) is 0 Å². The lowest BCUT2D eigenvalue weighted by atomic mass is 9.78. The Morgan fingerprint density at radius 3 is 2.05 bits per heavy atom. The van der Waals surface area contributed by atoms with Gasteiger partial charge in [0.05, 0.1) is 17.2 Å². The van der Waals surface area contributed by atoms with Crippen LogP contribution in [0.25, 0.3) is 0 Å². The van der Waals surface area contributed by atoms with E-state index in [4.69, 9.17) is 9.31 Å². The van der Waals surface area contributed by atoms with Crippen molar-refractivity contribution in [1.29, 1.82) is 0 Å². The summed E-state index contributed by atoms with van der Waals surface area (Å²) in [6, 6.07) is 8.89. The van der Waals surface area contributed by atoms with Crippen LogP contribution in [0.4, 0.5) is 0 Å². The molecule has 0 bridgehead atoms. The van der Waals surface area contributed by atoms with Crippen molar-refractivity contribution in [3.8, 4) is 0 Å². The Balaban J connectivity index is 1.74. The summed E-state index contributed by atoms with van der Waals surface area (Å²) in [5.41, 5.74) is 2.90. The van der Waals surface area contributed by atoms with Crippen molar-refractivity contribution in [3.63, 3.8) is 0 Å². The van der Waals surface area contributed by atoms with Crippen LogP contribution in [0, 0.1) is 0 Å². The van der Waals surface area contributed by atoms with Crippen molar-refractivity contribution >= 4 is 12.6 Å². The molecule has 4 heteroatoms. The van der Waals surface area contributed by atoms with Crippen molar-refractivity contribution in [2.75, 3.05) is 0 Å². The average Bonchev–Trinajstić information content (AvgIpc) is 2.55. The minimum atomic E-state index is -0.288. The van der Waals surface area contributed by atoms with E-state index in [9.17, 15) is 0 Å². The number of hydrogen-bond donors (Lipinski definition) is 1. The van der Waals surface area contributed by atoms with Gasteiger partial charge in [-0.3, -0.25) is 0 Å². The zero-order valence-electron chi connectivity index (χ0n) is 12.7. The SMILES string of the molecule is C=C1CC(c2ccc(B3OC(C)(C)C(C)(C)O3)cc2)N1. The van der Waals surface area contributed by atoms with E-state index in [0.717, 1.165) is 17.6 Å². The molecule has 2 aliphatic rings. The van der Waals surface area contributed by atoms with E-state index in [2.05, 4.69) is 63.9 Å². The summed E-state index contributed by atoms with van der Waals surface area (Å²) < 4.78 is 12.1. The van der Waals surface area contributed by atoms with Gasteiger partial charge in [0.1, 0.15) is 0 Å². The van der Waals surface area contributed by atoms with Gasteiger partial charge in [-0.1, -0.05) is 30.8 Å². The summed E-state index contributed by atoms with van der Waals surface area (Å²) in [7, 11) is -0.279. The topological polar surface area (TPSA) is 30.5 Å². The third kappa shape index (κ3) is 2.17. The molecule has 1 unspecified atom stereocenters. The summed E-state index contributed by atoms with van der Waals surface area (Å²) in [6.07, 6.45) is 1.02. The first kappa shape index (κ1) is 13.7. The molecule has 0 radical (unpaired) electrons. The Bertz CT molecular complexity index is 512. The third-order valence-electron chi connectivity index (χ3n) is 4.69. The van der Waals surface area contributed by atoms with Crippen molar-refractivity contribution in [2.45, 2.75) is 51.4 Å². The zero-order chi connectivity index (χ0) is 14.5. The van der Waals surface area contributed by atoms with E-state index in [1.54, 1.807) is 0 Å². The van der Waals surface area contributed by atoms with E-state index < -0.39 is 0 Å². The van der Waals surface area contributed by atoms with Crippen LogP contribution >= 0.6 is 0 Å². The van der Waals surface area contributed by atoms with Gasteiger partial charge < -0.3 is 14.6 Å². The molecule has 2 fully saturated rings. The highest BCUT2D eigenvalue weighted by atomic mass is 16.7. The Labute approximate surface area is 121 Å². The Hall–Kier alpha value is -1.26. The van der Waals surface area contributed by atoms with Gasteiger partial charge in [-0.15, -0.1) is 0 Å². The maximum Gasteiger partial charge on any atom is 0.494 e. The van der Waals surface area contributed by atoms with E-state index >= 15 is 0 Å². The fraction of sp³-hybridized carbons (Fsp3) is 0.500. The molecule has 1 aromatic carbocycles. The first-order chi connectivity index (χ1) is 9.28. The normalized spacial score (nSPS) is 27.1. The van der Waals surface area contributed by atoms with Crippen LogP contribution in [0.5, 0.6) is 0 Å². The highest BCUT2D eigenvalue weighted by Crippen LogP contribution is 2.36. The lowest BCUT2D eigenvalue weighted by Gasteiger charge is -2.32. The van der Waals surface area contributed by atoms with Gasteiger partial charge in [0.15, 0.2) is 0 Å². The zero-order valence-corrected chi connectivity index (χ0v) is 12.7. The van der Waals surface area contributed by atoms with Gasteiger partial charge >= 0.3 is 7.12 Å². The lowest BCUT2D eigenvalue weighted by Crippen LogP contribution is -2.41. The van der Waals surface area contributed by atoms with Crippen LogP contribution in [-0.2, 0) is 9.31 Å². The second kappa shape index (κ2) is 4.37. The van der Waals surface area contributed by atoms with Gasteiger partial charge in [-0.25, -0.2) is 0 Å². The Kier molecular flexibility index (Phi) is 3.00.